The van der Waals surface area contributed by atoms with Gasteiger partial charge in [-0.25, -0.2) is 4.79 Å². The molecule has 0 fully saturated rings. The van der Waals surface area contributed by atoms with Crippen LogP contribution in [-0.2, 0) is 17.9 Å². The van der Waals surface area contributed by atoms with Crippen LogP contribution in [0.5, 0.6) is 5.75 Å². The van der Waals surface area contributed by atoms with Crippen LogP contribution in [0.2, 0.25) is 0 Å². The summed E-state index contributed by atoms with van der Waals surface area (Å²) in [5.74, 6) is 0.812. The number of carbonyl (C=O) groups is 1. The van der Waals surface area contributed by atoms with Gasteiger partial charge in [-0.05, 0) is 50.6 Å². The molecular formula is C21H24N2O3. The standard InChI is InChI=1S/C21H24N2O3/c1-21(2,3)26-20(24)22-13-17-11-16-12-18(9-10-19(16)23-17)25-14-15-7-5-4-6-8-15/h4-12,23H,13-14H2,1-3H3,(H,22,24). The lowest BCUT2D eigenvalue weighted by Gasteiger charge is -2.19. The third kappa shape index (κ3) is 5.02. The number of alkyl carbamates (subject to hydrolysis) is 1. The zero-order valence-electron chi connectivity index (χ0n) is 15.3. The minimum atomic E-state index is -0.504. The Balaban J connectivity index is 1.61. The number of nitrogens with one attached hydrogen (secondary N) is 2. The maximum absolute atomic E-state index is 11.8. The molecule has 3 rings (SSSR count). The molecule has 1 heterocycles. The summed E-state index contributed by atoms with van der Waals surface area (Å²) in [6, 6.07) is 18.0. The Morgan fingerprint density at radius 1 is 1.08 bits per heavy atom. The molecule has 0 bridgehead atoms. The fourth-order valence-corrected chi connectivity index (χ4v) is 2.58. The van der Waals surface area contributed by atoms with E-state index in [0.29, 0.717) is 13.2 Å². The molecule has 0 saturated heterocycles. The molecule has 136 valence electrons. The highest BCUT2D eigenvalue weighted by Gasteiger charge is 2.16. The van der Waals surface area contributed by atoms with E-state index in [1.807, 2.05) is 75.4 Å². The fourth-order valence-electron chi connectivity index (χ4n) is 2.58. The van der Waals surface area contributed by atoms with Crippen LogP contribution in [0.1, 0.15) is 32.0 Å². The largest absolute Gasteiger partial charge is 0.489 e. The lowest BCUT2D eigenvalue weighted by Crippen LogP contribution is -2.32. The average molecular weight is 352 g/mol. The summed E-state index contributed by atoms with van der Waals surface area (Å²) in [6.45, 7) is 6.43. The van der Waals surface area contributed by atoms with E-state index < -0.39 is 11.7 Å². The molecule has 1 amide bonds. The van der Waals surface area contributed by atoms with Gasteiger partial charge in [-0.15, -0.1) is 0 Å². The van der Waals surface area contributed by atoms with Crippen LogP contribution in [0, 0.1) is 0 Å². The molecule has 5 heteroatoms. The number of rotatable bonds is 5. The van der Waals surface area contributed by atoms with E-state index in [-0.39, 0.29) is 0 Å². The first-order valence-corrected chi connectivity index (χ1v) is 8.64. The molecule has 0 spiro atoms. The van der Waals surface area contributed by atoms with E-state index in [1.165, 1.54) is 0 Å². The fraction of sp³-hybridized carbons (Fsp3) is 0.286. The molecule has 2 N–H and O–H groups in total. The van der Waals surface area contributed by atoms with Crippen molar-refractivity contribution in [3.8, 4) is 5.75 Å². The summed E-state index contributed by atoms with van der Waals surface area (Å²) in [7, 11) is 0. The van der Waals surface area contributed by atoms with Crippen LogP contribution in [0.15, 0.2) is 54.6 Å². The second-order valence-corrected chi connectivity index (χ2v) is 7.17. The quantitative estimate of drug-likeness (QED) is 0.695. The van der Waals surface area contributed by atoms with Crippen molar-refractivity contribution < 1.29 is 14.3 Å². The molecule has 0 atom stereocenters. The first kappa shape index (κ1) is 17.9. The van der Waals surface area contributed by atoms with Crippen LogP contribution in [0.4, 0.5) is 4.79 Å². The molecule has 0 aliphatic carbocycles. The minimum Gasteiger partial charge on any atom is -0.489 e. The Hall–Kier alpha value is -2.95. The number of fused-ring (bicyclic) bond motifs is 1. The van der Waals surface area contributed by atoms with Crippen molar-refractivity contribution in [1.29, 1.82) is 0 Å². The van der Waals surface area contributed by atoms with Crippen LogP contribution < -0.4 is 10.1 Å². The van der Waals surface area contributed by atoms with E-state index >= 15 is 0 Å². The summed E-state index contributed by atoms with van der Waals surface area (Å²) in [6.07, 6.45) is -0.428. The van der Waals surface area contributed by atoms with Gasteiger partial charge in [0.05, 0.1) is 6.54 Å². The predicted molar refractivity (Wildman–Crippen MR) is 102 cm³/mol. The van der Waals surface area contributed by atoms with Gasteiger partial charge in [0, 0.05) is 16.6 Å². The summed E-state index contributed by atoms with van der Waals surface area (Å²) in [4.78, 5) is 15.0. The molecule has 0 aliphatic heterocycles. The molecule has 2 aromatic carbocycles. The normalized spacial score (nSPS) is 11.3. The van der Waals surface area contributed by atoms with Crippen molar-refractivity contribution in [2.75, 3.05) is 0 Å². The SMILES string of the molecule is CC(C)(C)OC(=O)NCc1cc2cc(OCc3ccccc3)ccc2[nH]1. The first-order valence-electron chi connectivity index (χ1n) is 8.64. The highest BCUT2D eigenvalue weighted by atomic mass is 16.6. The second-order valence-electron chi connectivity index (χ2n) is 7.17. The van der Waals surface area contributed by atoms with Crippen LogP contribution in [0.25, 0.3) is 10.9 Å². The van der Waals surface area contributed by atoms with Crippen LogP contribution in [0.3, 0.4) is 0 Å². The van der Waals surface area contributed by atoms with Gasteiger partial charge in [0.1, 0.15) is 18.0 Å². The summed E-state index contributed by atoms with van der Waals surface area (Å²) in [5.41, 5.74) is 2.53. The zero-order valence-corrected chi connectivity index (χ0v) is 15.3. The molecular weight excluding hydrogens is 328 g/mol. The monoisotopic (exact) mass is 352 g/mol. The second kappa shape index (κ2) is 7.52. The highest BCUT2D eigenvalue weighted by molar-refractivity contribution is 5.82. The number of carbonyl (C=O) groups excluding carboxylic acids is 1. The van der Waals surface area contributed by atoms with Gasteiger partial charge in [0.15, 0.2) is 0 Å². The third-order valence-electron chi connectivity index (χ3n) is 3.72. The van der Waals surface area contributed by atoms with Crippen molar-refractivity contribution in [3.05, 3.63) is 65.9 Å². The lowest BCUT2D eigenvalue weighted by molar-refractivity contribution is 0.0523. The summed E-state index contributed by atoms with van der Waals surface area (Å²) < 4.78 is 11.1. The van der Waals surface area contributed by atoms with Crippen molar-refractivity contribution in [2.45, 2.75) is 39.5 Å². The van der Waals surface area contributed by atoms with Gasteiger partial charge in [-0.2, -0.15) is 0 Å². The van der Waals surface area contributed by atoms with Crippen molar-refractivity contribution in [1.82, 2.24) is 10.3 Å². The van der Waals surface area contributed by atoms with Gasteiger partial charge < -0.3 is 19.8 Å². The van der Waals surface area contributed by atoms with Gasteiger partial charge in [-0.3, -0.25) is 0 Å². The van der Waals surface area contributed by atoms with E-state index in [1.54, 1.807) is 0 Å². The minimum absolute atomic E-state index is 0.379. The van der Waals surface area contributed by atoms with Crippen molar-refractivity contribution in [2.24, 2.45) is 0 Å². The zero-order chi connectivity index (χ0) is 18.6. The first-order chi connectivity index (χ1) is 12.4. The number of aromatic amines is 1. The Morgan fingerprint density at radius 3 is 2.58 bits per heavy atom. The Labute approximate surface area is 153 Å². The van der Waals surface area contributed by atoms with Crippen molar-refractivity contribution >= 4 is 17.0 Å². The molecule has 0 aliphatic rings. The number of aromatic nitrogens is 1. The maximum Gasteiger partial charge on any atom is 0.407 e. The molecule has 3 aromatic rings. The molecule has 26 heavy (non-hydrogen) atoms. The number of benzene rings is 2. The Kier molecular flexibility index (Phi) is 5.16. The van der Waals surface area contributed by atoms with E-state index in [2.05, 4.69) is 10.3 Å². The van der Waals surface area contributed by atoms with E-state index in [0.717, 1.165) is 27.9 Å². The summed E-state index contributed by atoms with van der Waals surface area (Å²) in [5, 5.41) is 3.79. The molecule has 5 nitrogen and oxygen atoms in total. The topological polar surface area (TPSA) is 63.4 Å². The Bertz CT molecular complexity index is 879. The number of ether oxygens (including phenoxy) is 2. The third-order valence-corrected chi connectivity index (χ3v) is 3.72. The van der Waals surface area contributed by atoms with Gasteiger partial charge in [0.25, 0.3) is 0 Å². The van der Waals surface area contributed by atoms with Crippen LogP contribution in [-0.4, -0.2) is 16.7 Å². The van der Waals surface area contributed by atoms with E-state index in [9.17, 15) is 4.79 Å². The van der Waals surface area contributed by atoms with Crippen LogP contribution >= 0.6 is 0 Å². The Morgan fingerprint density at radius 2 is 1.85 bits per heavy atom. The highest BCUT2D eigenvalue weighted by Crippen LogP contribution is 2.22. The maximum atomic E-state index is 11.8. The van der Waals surface area contributed by atoms with Gasteiger partial charge >= 0.3 is 6.09 Å². The number of H-pyrrole nitrogens is 1. The number of hydrogen-bond donors (Lipinski definition) is 2. The molecule has 0 unspecified atom stereocenters. The summed E-state index contributed by atoms with van der Waals surface area (Å²) >= 11 is 0. The van der Waals surface area contributed by atoms with Gasteiger partial charge in [0.2, 0.25) is 0 Å². The molecule has 1 aromatic heterocycles. The molecule has 0 radical (unpaired) electrons. The van der Waals surface area contributed by atoms with E-state index in [4.69, 9.17) is 9.47 Å². The number of hydrogen-bond acceptors (Lipinski definition) is 3. The van der Waals surface area contributed by atoms with Gasteiger partial charge in [-0.1, -0.05) is 30.3 Å². The van der Waals surface area contributed by atoms with Crippen molar-refractivity contribution in [3.63, 3.8) is 0 Å². The smallest absolute Gasteiger partial charge is 0.407 e. The lowest BCUT2D eigenvalue weighted by atomic mass is 10.2. The average Bonchev–Trinajstić information content (AvgIpc) is 3.00. The number of amides is 1. The predicted octanol–water partition coefficient (Wildman–Crippen LogP) is 4.77. The molecule has 0 saturated carbocycles.